The van der Waals surface area contributed by atoms with Crippen molar-refractivity contribution in [3.05, 3.63) is 0 Å². The molecular weight excluding hydrogens is 182 g/mol. The molecule has 4 heteroatoms. The van der Waals surface area contributed by atoms with E-state index < -0.39 is 11.5 Å². The number of fused-ring (bicyclic) bond motifs is 3. The summed E-state index contributed by atoms with van der Waals surface area (Å²) in [7, 11) is 0. The molecule has 3 rings (SSSR count). The van der Waals surface area contributed by atoms with Gasteiger partial charge in [0.2, 0.25) is 6.41 Å². The minimum atomic E-state index is -0.955. The second-order valence-electron chi connectivity index (χ2n) is 4.46. The lowest BCUT2D eigenvalue weighted by atomic mass is 9.60. The van der Waals surface area contributed by atoms with Crippen LogP contribution in [0.4, 0.5) is 0 Å². The Balaban J connectivity index is 2.26. The van der Waals surface area contributed by atoms with E-state index in [0.29, 0.717) is 18.7 Å². The van der Waals surface area contributed by atoms with Crippen molar-refractivity contribution in [1.29, 1.82) is 0 Å². The van der Waals surface area contributed by atoms with Crippen LogP contribution in [0.5, 0.6) is 0 Å². The van der Waals surface area contributed by atoms with Gasteiger partial charge in [0.15, 0.2) is 0 Å². The predicted molar refractivity (Wildman–Crippen MR) is 49.6 cm³/mol. The second-order valence-corrected chi connectivity index (χ2v) is 4.46. The molecule has 0 aromatic rings. The maximum absolute atomic E-state index is 11.2. The van der Waals surface area contributed by atoms with Crippen molar-refractivity contribution >= 4 is 12.4 Å². The molecule has 0 aromatic heterocycles. The van der Waals surface area contributed by atoms with E-state index in [-0.39, 0.29) is 5.92 Å². The standard InChI is InChI=1S/C10H15NO3/c12-6-11-10(9(13)14)5-7-1-3-8(10)4-2-7/h6-8H,1-5H2,(H,11,12)(H,13,14). The van der Waals surface area contributed by atoms with Crippen molar-refractivity contribution < 1.29 is 14.7 Å². The summed E-state index contributed by atoms with van der Waals surface area (Å²) in [5.74, 6) is -0.238. The van der Waals surface area contributed by atoms with E-state index in [1.807, 2.05) is 0 Å². The van der Waals surface area contributed by atoms with E-state index in [4.69, 9.17) is 0 Å². The molecule has 1 unspecified atom stereocenters. The zero-order valence-corrected chi connectivity index (χ0v) is 8.03. The quantitative estimate of drug-likeness (QED) is 0.656. The van der Waals surface area contributed by atoms with E-state index in [9.17, 15) is 14.7 Å². The summed E-state index contributed by atoms with van der Waals surface area (Å²) in [6.07, 6.45) is 5.29. The molecule has 1 amide bonds. The van der Waals surface area contributed by atoms with Gasteiger partial charge in [-0.3, -0.25) is 4.79 Å². The minimum absolute atomic E-state index is 0.134. The minimum Gasteiger partial charge on any atom is -0.479 e. The summed E-state index contributed by atoms with van der Waals surface area (Å²) < 4.78 is 0. The van der Waals surface area contributed by atoms with Gasteiger partial charge < -0.3 is 10.4 Å². The molecule has 1 atom stereocenters. The highest BCUT2D eigenvalue weighted by Gasteiger charge is 2.52. The molecule has 0 aliphatic heterocycles. The third-order valence-corrected chi connectivity index (χ3v) is 3.85. The molecule has 3 aliphatic carbocycles. The fourth-order valence-corrected chi connectivity index (χ4v) is 3.09. The Kier molecular flexibility index (Phi) is 2.21. The fraction of sp³-hybridized carbons (Fsp3) is 0.800. The Labute approximate surface area is 82.7 Å². The van der Waals surface area contributed by atoms with Crippen LogP contribution < -0.4 is 5.32 Å². The molecule has 2 N–H and O–H groups in total. The summed E-state index contributed by atoms with van der Waals surface area (Å²) in [6.45, 7) is 0. The first-order chi connectivity index (χ1) is 6.69. The molecule has 14 heavy (non-hydrogen) atoms. The topological polar surface area (TPSA) is 66.4 Å². The van der Waals surface area contributed by atoms with Crippen LogP contribution in [0.2, 0.25) is 0 Å². The van der Waals surface area contributed by atoms with Crippen LogP contribution >= 0.6 is 0 Å². The van der Waals surface area contributed by atoms with E-state index in [0.717, 1.165) is 25.7 Å². The fourth-order valence-electron chi connectivity index (χ4n) is 3.09. The SMILES string of the molecule is O=CNC1(C(=O)O)CC2CCC1CC2. The van der Waals surface area contributed by atoms with Gasteiger partial charge in [-0.05, 0) is 43.9 Å². The maximum atomic E-state index is 11.2. The van der Waals surface area contributed by atoms with Crippen LogP contribution in [0.3, 0.4) is 0 Å². The number of carboxylic acid groups (broad SMARTS) is 1. The molecular formula is C10H15NO3. The van der Waals surface area contributed by atoms with E-state index >= 15 is 0 Å². The van der Waals surface area contributed by atoms with Crippen LogP contribution in [-0.4, -0.2) is 23.0 Å². The van der Waals surface area contributed by atoms with Crippen molar-refractivity contribution in [1.82, 2.24) is 5.32 Å². The van der Waals surface area contributed by atoms with Gasteiger partial charge in [-0.1, -0.05) is 0 Å². The Bertz CT molecular complexity index is 258. The highest BCUT2D eigenvalue weighted by atomic mass is 16.4. The number of hydrogen-bond donors (Lipinski definition) is 2. The zero-order valence-electron chi connectivity index (χ0n) is 8.03. The average molecular weight is 197 g/mol. The molecule has 3 fully saturated rings. The Morgan fingerprint density at radius 1 is 1.36 bits per heavy atom. The third kappa shape index (κ3) is 1.21. The van der Waals surface area contributed by atoms with Crippen molar-refractivity contribution in [2.45, 2.75) is 37.6 Å². The number of carboxylic acids is 1. The second kappa shape index (κ2) is 3.26. The Hall–Kier alpha value is -1.06. The van der Waals surface area contributed by atoms with Gasteiger partial charge in [-0.2, -0.15) is 0 Å². The molecule has 0 saturated heterocycles. The summed E-state index contributed by atoms with van der Waals surface area (Å²) in [5.41, 5.74) is -0.955. The number of amides is 1. The van der Waals surface area contributed by atoms with Gasteiger partial charge in [0.05, 0.1) is 0 Å². The average Bonchev–Trinajstić information content (AvgIpc) is 2.19. The van der Waals surface area contributed by atoms with E-state index in [1.165, 1.54) is 0 Å². The number of carbonyl (C=O) groups is 2. The van der Waals surface area contributed by atoms with Crippen LogP contribution in [-0.2, 0) is 9.59 Å². The molecule has 0 radical (unpaired) electrons. The first kappa shape index (κ1) is 9.49. The third-order valence-electron chi connectivity index (χ3n) is 3.85. The summed E-state index contributed by atoms with van der Waals surface area (Å²) in [6, 6.07) is 0. The number of hydrogen-bond acceptors (Lipinski definition) is 2. The number of nitrogens with one attached hydrogen (secondary N) is 1. The molecule has 0 heterocycles. The van der Waals surface area contributed by atoms with Gasteiger partial charge in [-0.15, -0.1) is 0 Å². The van der Waals surface area contributed by atoms with Crippen LogP contribution in [0.25, 0.3) is 0 Å². The van der Waals surface area contributed by atoms with Crippen LogP contribution in [0.1, 0.15) is 32.1 Å². The van der Waals surface area contributed by atoms with Crippen molar-refractivity contribution in [3.8, 4) is 0 Å². The lowest BCUT2D eigenvalue weighted by Crippen LogP contribution is -2.61. The maximum Gasteiger partial charge on any atom is 0.329 e. The van der Waals surface area contributed by atoms with Gasteiger partial charge in [0.1, 0.15) is 5.54 Å². The van der Waals surface area contributed by atoms with Crippen molar-refractivity contribution in [3.63, 3.8) is 0 Å². The highest BCUT2D eigenvalue weighted by molar-refractivity contribution is 5.82. The summed E-state index contributed by atoms with van der Waals surface area (Å²) in [4.78, 5) is 21.7. The summed E-state index contributed by atoms with van der Waals surface area (Å²) in [5, 5.41) is 11.8. The van der Waals surface area contributed by atoms with Gasteiger partial charge in [-0.25, -0.2) is 4.79 Å². The first-order valence-corrected chi connectivity index (χ1v) is 5.14. The van der Waals surface area contributed by atoms with Crippen molar-refractivity contribution in [2.75, 3.05) is 0 Å². The lowest BCUT2D eigenvalue weighted by Gasteiger charge is -2.48. The number of rotatable bonds is 3. The Morgan fingerprint density at radius 2 is 2.00 bits per heavy atom. The molecule has 2 bridgehead atoms. The lowest BCUT2D eigenvalue weighted by molar-refractivity contribution is -0.154. The van der Waals surface area contributed by atoms with Gasteiger partial charge in [0, 0.05) is 0 Å². The van der Waals surface area contributed by atoms with Gasteiger partial charge >= 0.3 is 5.97 Å². The first-order valence-electron chi connectivity index (χ1n) is 5.14. The highest BCUT2D eigenvalue weighted by Crippen LogP contribution is 2.47. The summed E-state index contributed by atoms with van der Waals surface area (Å²) >= 11 is 0. The largest absolute Gasteiger partial charge is 0.479 e. The number of aliphatic carboxylic acids is 1. The van der Waals surface area contributed by atoms with E-state index in [1.54, 1.807) is 0 Å². The normalized spacial score (nSPS) is 40.6. The monoisotopic (exact) mass is 197 g/mol. The van der Waals surface area contributed by atoms with Gasteiger partial charge in [0.25, 0.3) is 0 Å². The van der Waals surface area contributed by atoms with E-state index in [2.05, 4.69) is 5.32 Å². The van der Waals surface area contributed by atoms with Crippen LogP contribution in [0, 0.1) is 11.8 Å². The molecule has 0 spiro atoms. The molecule has 0 aromatic carbocycles. The molecule has 3 saturated carbocycles. The van der Waals surface area contributed by atoms with Crippen LogP contribution in [0.15, 0.2) is 0 Å². The zero-order chi connectivity index (χ0) is 10.2. The molecule has 4 nitrogen and oxygen atoms in total. The predicted octanol–water partition coefficient (Wildman–Crippen LogP) is 0.766. The van der Waals surface area contributed by atoms with Crippen molar-refractivity contribution in [2.24, 2.45) is 11.8 Å². The molecule has 78 valence electrons. The smallest absolute Gasteiger partial charge is 0.329 e. The molecule has 3 aliphatic rings. The Morgan fingerprint density at radius 3 is 2.36 bits per heavy atom. The number of carbonyl (C=O) groups excluding carboxylic acids is 1.